The predicted octanol–water partition coefficient (Wildman–Crippen LogP) is 1.94. The Morgan fingerprint density at radius 3 is 1.72 bits per heavy atom. The molecule has 0 aliphatic rings. The molecule has 0 aliphatic heterocycles. The van der Waals surface area contributed by atoms with Crippen LogP contribution in [0.25, 0.3) is 0 Å². The molecule has 9 nitrogen and oxygen atoms in total. The lowest BCUT2D eigenvalue weighted by atomic mass is 10.1. The number of carboxylic acid groups (broad SMARTS) is 1. The maximum Gasteiger partial charge on any atom is 0.335 e. The van der Waals surface area contributed by atoms with Crippen molar-refractivity contribution in [3.63, 3.8) is 0 Å². The van der Waals surface area contributed by atoms with Crippen LogP contribution in [0.4, 0.5) is 0 Å². The SMILES string of the molecule is O=C(O)c1ccc(S(=O)(=O)NCc2ccc(C(=O)NNC(=O)c3ccccc3)cc2)cc1. The molecule has 4 N–H and O–H groups in total. The van der Waals surface area contributed by atoms with E-state index in [1.54, 1.807) is 42.5 Å². The van der Waals surface area contributed by atoms with Gasteiger partial charge in [-0.2, -0.15) is 0 Å². The number of carbonyl (C=O) groups excluding carboxylic acids is 2. The second-order valence-corrected chi connectivity index (χ2v) is 8.39. The molecule has 0 saturated carbocycles. The van der Waals surface area contributed by atoms with Crippen LogP contribution in [0.2, 0.25) is 0 Å². The van der Waals surface area contributed by atoms with E-state index >= 15 is 0 Å². The van der Waals surface area contributed by atoms with Gasteiger partial charge in [-0.25, -0.2) is 17.9 Å². The van der Waals surface area contributed by atoms with Crippen LogP contribution in [0, 0.1) is 0 Å². The number of nitrogens with one attached hydrogen (secondary N) is 3. The van der Waals surface area contributed by atoms with E-state index in [1.807, 2.05) is 0 Å². The van der Waals surface area contributed by atoms with Crippen LogP contribution >= 0.6 is 0 Å². The second kappa shape index (κ2) is 9.86. The van der Waals surface area contributed by atoms with E-state index in [2.05, 4.69) is 15.6 Å². The summed E-state index contributed by atoms with van der Waals surface area (Å²) in [4.78, 5) is 35.0. The third-order valence-electron chi connectivity index (χ3n) is 4.42. The Bertz CT molecular complexity index is 1220. The van der Waals surface area contributed by atoms with E-state index in [0.717, 1.165) is 0 Å². The van der Waals surface area contributed by atoms with E-state index in [4.69, 9.17) is 5.11 Å². The summed E-state index contributed by atoms with van der Waals surface area (Å²) in [6.45, 7) is -0.0321. The predicted molar refractivity (Wildman–Crippen MR) is 115 cm³/mol. The van der Waals surface area contributed by atoms with Gasteiger partial charge in [0.05, 0.1) is 10.5 Å². The summed E-state index contributed by atoms with van der Waals surface area (Å²) in [5, 5.41) is 8.89. The van der Waals surface area contributed by atoms with Crippen LogP contribution in [0.3, 0.4) is 0 Å². The molecule has 0 spiro atoms. The Morgan fingerprint density at radius 2 is 1.19 bits per heavy atom. The average molecular weight is 453 g/mol. The molecule has 0 atom stereocenters. The van der Waals surface area contributed by atoms with Gasteiger partial charge in [0.15, 0.2) is 0 Å². The van der Waals surface area contributed by atoms with E-state index in [9.17, 15) is 22.8 Å². The van der Waals surface area contributed by atoms with Gasteiger partial charge in [0.1, 0.15) is 0 Å². The fourth-order valence-corrected chi connectivity index (χ4v) is 3.68. The monoisotopic (exact) mass is 453 g/mol. The van der Waals surface area contributed by atoms with Crippen molar-refractivity contribution in [1.29, 1.82) is 0 Å². The van der Waals surface area contributed by atoms with E-state index < -0.39 is 27.8 Å². The molecular weight excluding hydrogens is 434 g/mol. The van der Waals surface area contributed by atoms with Crippen LogP contribution in [-0.4, -0.2) is 31.3 Å². The maximum absolute atomic E-state index is 12.4. The van der Waals surface area contributed by atoms with Gasteiger partial charge in [-0.1, -0.05) is 30.3 Å². The van der Waals surface area contributed by atoms with Gasteiger partial charge in [-0.15, -0.1) is 0 Å². The average Bonchev–Trinajstić information content (AvgIpc) is 2.82. The summed E-state index contributed by atoms with van der Waals surface area (Å²) in [5.41, 5.74) is 5.88. The molecule has 3 aromatic rings. The third-order valence-corrected chi connectivity index (χ3v) is 5.84. The lowest BCUT2D eigenvalue weighted by Crippen LogP contribution is -2.41. The Morgan fingerprint density at radius 1 is 0.688 bits per heavy atom. The molecule has 0 radical (unpaired) electrons. The fourth-order valence-electron chi connectivity index (χ4n) is 2.66. The normalized spacial score (nSPS) is 10.9. The lowest BCUT2D eigenvalue weighted by Gasteiger charge is -2.09. The zero-order valence-corrected chi connectivity index (χ0v) is 17.4. The largest absolute Gasteiger partial charge is 0.478 e. The number of hydrogen-bond donors (Lipinski definition) is 4. The summed E-state index contributed by atoms with van der Waals surface area (Å²) in [6.07, 6.45) is 0. The Hall–Kier alpha value is -4.02. The van der Waals surface area contributed by atoms with Gasteiger partial charge in [0, 0.05) is 17.7 Å². The molecule has 32 heavy (non-hydrogen) atoms. The molecule has 0 bridgehead atoms. The van der Waals surface area contributed by atoms with E-state index in [1.165, 1.54) is 36.4 Å². The molecule has 0 unspecified atom stereocenters. The highest BCUT2D eigenvalue weighted by atomic mass is 32.2. The van der Waals surface area contributed by atoms with E-state index in [0.29, 0.717) is 11.1 Å². The minimum atomic E-state index is -3.84. The molecule has 2 amide bonds. The number of benzene rings is 3. The van der Waals surface area contributed by atoms with Crippen molar-refractivity contribution in [3.05, 3.63) is 101 Å². The number of rotatable bonds is 7. The van der Waals surface area contributed by atoms with Crippen molar-refractivity contribution < 1.29 is 27.9 Å². The number of sulfonamides is 1. The molecule has 0 aliphatic carbocycles. The zero-order valence-electron chi connectivity index (χ0n) is 16.6. The molecule has 0 heterocycles. The Balaban J connectivity index is 1.55. The first-order chi connectivity index (χ1) is 15.3. The lowest BCUT2D eigenvalue weighted by molar-refractivity contribution is 0.0696. The summed E-state index contributed by atoms with van der Waals surface area (Å²) < 4.78 is 27.1. The zero-order chi connectivity index (χ0) is 23.1. The number of amides is 2. The number of carbonyl (C=O) groups is 3. The molecule has 3 rings (SSSR count). The van der Waals surface area contributed by atoms with Gasteiger partial charge in [-0.3, -0.25) is 20.4 Å². The summed E-state index contributed by atoms with van der Waals surface area (Å²) >= 11 is 0. The quantitative estimate of drug-likeness (QED) is 0.403. The van der Waals surface area contributed by atoms with Crippen LogP contribution in [0.15, 0.2) is 83.8 Å². The van der Waals surface area contributed by atoms with Crippen molar-refractivity contribution in [2.24, 2.45) is 0 Å². The molecule has 0 aromatic heterocycles. The number of carboxylic acids is 1. The van der Waals surface area contributed by atoms with Crippen molar-refractivity contribution >= 4 is 27.8 Å². The van der Waals surface area contributed by atoms with Gasteiger partial charge in [0.25, 0.3) is 11.8 Å². The van der Waals surface area contributed by atoms with Gasteiger partial charge in [0.2, 0.25) is 10.0 Å². The Labute approximate surface area is 184 Å². The van der Waals surface area contributed by atoms with Crippen LogP contribution in [0.5, 0.6) is 0 Å². The van der Waals surface area contributed by atoms with Crippen LogP contribution < -0.4 is 15.6 Å². The third kappa shape index (κ3) is 5.78. The highest BCUT2D eigenvalue weighted by Crippen LogP contribution is 2.12. The topological polar surface area (TPSA) is 142 Å². The number of aromatic carboxylic acids is 1. The second-order valence-electron chi connectivity index (χ2n) is 6.63. The van der Waals surface area contributed by atoms with Crippen molar-refractivity contribution in [2.45, 2.75) is 11.4 Å². The summed E-state index contributed by atoms with van der Waals surface area (Å²) in [6, 6.07) is 19.4. The first-order valence-corrected chi connectivity index (χ1v) is 10.8. The molecule has 0 saturated heterocycles. The molecular formula is C22H19N3O6S. The van der Waals surface area contributed by atoms with E-state index in [-0.39, 0.29) is 22.6 Å². The van der Waals surface area contributed by atoms with Gasteiger partial charge >= 0.3 is 5.97 Å². The van der Waals surface area contributed by atoms with Crippen molar-refractivity contribution in [1.82, 2.24) is 15.6 Å². The highest BCUT2D eigenvalue weighted by molar-refractivity contribution is 7.89. The summed E-state index contributed by atoms with van der Waals surface area (Å²) in [5.74, 6) is -2.13. The van der Waals surface area contributed by atoms with Crippen LogP contribution in [0.1, 0.15) is 36.6 Å². The first-order valence-electron chi connectivity index (χ1n) is 9.34. The van der Waals surface area contributed by atoms with Crippen molar-refractivity contribution in [3.8, 4) is 0 Å². The minimum absolute atomic E-state index is 0.0160. The summed E-state index contributed by atoms with van der Waals surface area (Å²) in [7, 11) is -3.84. The van der Waals surface area contributed by atoms with Gasteiger partial charge < -0.3 is 5.11 Å². The highest BCUT2D eigenvalue weighted by Gasteiger charge is 2.15. The molecule has 10 heteroatoms. The standard InChI is InChI=1S/C22H19N3O6S/c26-20(16-4-2-1-3-5-16)24-25-21(27)17-8-6-15(7-9-17)14-23-32(30,31)19-12-10-18(11-13-19)22(28)29/h1-13,23H,14H2,(H,24,26)(H,25,27)(H,28,29). The number of hydrazine groups is 1. The Kier molecular flexibility index (Phi) is 6.98. The molecule has 164 valence electrons. The molecule has 0 fully saturated rings. The first kappa shape index (κ1) is 22.7. The minimum Gasteiger partial charge on any atom is -0.478 e. The van der Waals surface area contributed by atoms with Gasteiger partial charge in [-0.05, 0) is 54.1 Å². The molecule has 3 aromatic carbocycles. The fraction of sp³-hybridized carbons (Fsp3) is 0.0455. The smallest absolute Gasteiger partial charge is 0.335 e. The maximum atomic E-state index is 12.4. The van der Waals surface area contributed by atoms with Crippen LogP contribution in [-0.2, 0) is 16.6 Å². The number of hydrogen-bond acceptors (Lipinski definition) is 5. The van der Waals surface area contributed by atoms with Crippen molar-refractivity contribution in [2.75, 3.05) is 0 Å².